The molecule has 0 aliphatic carbocycles. The van der Waals surface area contributed by atoms with E-state index >= 15 is 0 Å². The van der Waals surface area contributed by atoms with Crippen molar-refractivity contribution in [3.63, 3.8) is 0 Å². The zero-order valence-corrected chi connectivity index (χ0v) is 16.6. The standard InChI is InChI=1S/C21H22N2O7/c1-28-16-7-14(8-17(9-16)29-2)10-22-19(24)18-12-30-21(27)23(18)11-13-3-5-15(6-4-13)20(25)26/h3-9,18H,10-12H2,1-2H3,(H,22,24)(H,25,26)/t18-/m0/s1. The summed E-state index contributed by atoms with van der Waals surface area (Å²) in [4.78, 5) is 37.1. The Morgan fingerprint density at radius 3 is 2.30 bits per heavy atom. The number of cyclic esters (lactones) is 1. The summed E-state index contributed by atoms with van der Waals surface area (Å²) in [5, 5.41) is 11.8. The van der Waals surface area contributed by atoms with E-state index in [1.807, 2.05) is 0 Å². The highest BCUT2D eigenvalue weighted by atomic mass is 16.6. The first-order valence-corrected chi connectivity index (χ1v) is 9.16. The molecule has 2 aromatic carbocycles. The van der Waals surface area contributed by atoms with Crippen LogP contribution in [-0.2, 0) is 22.6 Å². The molecule has 1 aliphatic heterocycles. The number of carbonyl (C=O) groups excluding carboxylic acids is 2. The van der Waals surface area contributed by atoms with E-state index in [0.717, 1.165) is 5.56 Å². The summed E-state index contributed by atoms with van der Waals surface area (Å²) in [7, 11) is 3.08. The van der Waals surface area contributed by atoms with Crippen molar-refractivity contribution in [2.75, 3.05) is 20.8 Å². The lowest BCUT2D eigenvalue weighted by Gasteiger charge is -2.21. The highest BCUT2D eigenvalue weighted by Crippen LogP contribution is 2.23. The number of carboxylic acid groups (broad SMARTS) is 1. The second-order valence-corrected chi connectivity index (χ2v) is 6.66. The third-order valence-corrected chi connectivity index (χ3v) is 4.71. The van der Waals surface area contributed by atoms with Gasteiger partial charge in [0.15, 0.2) is 0 Å². The van der Waals surface area contributed by atoms with E-state index in [1.165, 1.54) is 17.0 Å². The summed E-state index contributed by atoms with van der Waals surface area (Å²) in [5.41, 5.74) is 1.61. The first-order chi connectivity index (χ1) is 14.4. The van der Waals surface area contributed by atoms with Gasteiger partial charge < -0.3 is 24.6 Å². The van der Waals surface area contributed by atoms with Gasteiger partial charge in [0, 0.05) is 12.6 Å². The highest BCUT2D eigenvalue weighted by molar-refractivity contribution is 5.88. The smallest absolute Gasteiger partial charge is 0.410 e. The maximum Gasteiger partial charge on any atom is 0.410 e. The first kappa shape index (κ1) is 21.0. The van der Waals surface area contributed by atoms with Crippen LogP contribution in [0.1, 0.15) is 21.5 Å². The second kappa shape index (κ2) is 9.17. The van der Waals surface area contributed by atoms with E-state index in [9.17, 15) is 14.4 Å². The van der Waals surface area contributed by atoms with Gasteiger partial charge in [-0.1, -0.05) is 12.1 Å². The number of rotatable bonds is 8. The molecule has 158 valence electrons. The second-order valence-electron chi connectivity index (χ2n) is 6.66. The van der Waals surface area contributed by atoms with Gasteiger partial charge in [-0.25, -0.2) is 9.59 Å². The van der Waals surface area contributed by atoms with Crippen molar-refractivity contribution in [3.05, 3.63) is 59.2 Å². The Balaban J connectivity index is 1.66. The van der Waals surface area contributed by atoms with E-state index in [-0.39, 0.29) is 31.2 Å². The lowest BCUT2D eigenvalue weighted by molar-refractivity contribution is -0.125. The Bertz CT molecular complexity index is 921. The third kappa shape index (κ3) is 4.80. The molecular formula is C21H22N2O7. The van der Waals surface area contributed by atoms with Gasteiger partial charge in [0.25, 0.3) is 0 Å². The quantitative estimate of drug-likeness (QED) is 0.679. The zero-order valence-electron chi connectivity index (χ0n) is 16.6. The molecule has 9 heteroatoms. The normalized spacial score (nSPS) is 15.5. The molecule has 0 aromatic heterocycles. The molecule has 2 aromatic rings. The summed E-state index contributed by atoms with van der Waals surface area (Å²) in [5.74, 6) is -0.188. The Morgan fingerprint density at radius 2 is 1.73 bits per heavy atom. The molecule has 1 aliphatic rings. The number of ether oxygens (including phenoxy) is 3. The average Bonchev–Trinajstić information content (AvgIpc) is 3.12. The fourth-order valence-electron chi connectivity index (χ4n) is 3.07. The van der Waals surface area contributed by atoms with Crippen LogP contribution in [0.25, 0.3) is 0 Å². The molecule has 1 saturated heterocycles. The van der Waals surface area contributed by atoms with Crippen molar-refractivity contribution < 1.29 is 33.7 Å². The number of hydrogen-bond donors (Lipinski definition) is 2. The number of amides is 2. The van der Waals surface area contributed by atoms with Crippen LogP contribution in [0.2, 0.25) is 0 Å². The molecule has 0 radical (unpaired) electrons. The predicted octanol–water partition coefficient (Wildman–Crippen LogP) is 2.04. The molecule has 0 saturated carbocycles. The molecule has 2 N–H and O–H groups in total. The van der Waals surface area contributed by atoms with Crippen molar-refractivity contribution in [2.45, 2.75) is 19.1 Å². The minimum absolute atomic E-state index is 0.0562. The van der Waals surface area contributed by atoms with Crippen molar-refractivity contribution in [3.8, 4) is 11.5 Å². The number of methoxy groups -OCH3 is 2. The Morgan fingerprint density at radius 1 is 1.10 bits per heavy atom. The zero-order chi connectivity index (χ0) is 21.7. The molecule has 30 heavy (non-hydrogen) atoms. The van der Waals surface area contributed by atoms with E-state index < -0.39 is 18.1 Å². The maximum atomic E-state index is 12.7. The fourth-order valence-corrected chi connectivity index (χ4v) is 3.07. The largest absolute Gasteiger partial charge is 0.497 e. The van der Waals surface area contributed by atoms with Gasteiger partial charge in [-0.2, -0.15) is 0 Å². The van der Waals surface area contributed by atoms with Crippen LogP contribution < -0.4 is 14.8 Å². The lowest BCUT2D eigenvalue weighted by Crippen LogP contribution is -2.45. The maximum absolute atomic E-state index is 12.7. The minimum atomic E-state index is -1.03. The van der Waals surface area contributed by atoms with Crippen molar-refractivity contribution in [1.29, 1.82) is 0 Å². The van der Waals surface area contributed by atoms with Crippen LogP contribution in [0.5, 0.6) is 11.5 Å². The Kier molecular flexibility index (Phi) is 6.41. The summed E-state index contributed by atoms with van der Waals surface area (Å²) in [6.45, 7) is 0.293. The van der Waals surface area contributed by atoms with Gasteiger partial charge in [-0.05, 0) is 35.4 Å². The van der Waals surface area contributed by atoms with Crippen molar-refractivity contribution >= 4 is 18.0 Å². The third-order valence-electron chi connectivity index (χ3n) is 4.71. The number of carbonyl (C=O) groups is 3. The molecule has 1 atom stereocenters. The number of nitrogens with one attached hydrogen (secondary N) is 1. The number of carboxylic acids is 1. The average molecular weight is 414 g/mol. The SMILES string of the molecule is COc1cc(CNC(=O)[C@@H]2COC(=O)N2Cc2ccc(C(=O)O)cc2)cc(OC)c1. The molecule has 9 nitrogen and oxygen atoms in total. The van der Waals surface area contributed by atoms with Crippen molar-refractivity contribution in [1.82, 2.24) is 10.2 Å². The molecule has 1 heterocycles. The van der Waals surface area contributed by atoms with Crippen LogP contribution in [0.15, 0.2) is 42.5 Å². The van der Waals surface area contributed by atoms with Gasteiger partial charge in [0.05, 0.1) is 26.3 Å². The van der Waals surface area contributed by atoms with Crippen LogP contribution in [0.3, 0.4) is 0 Å². The fraction of sp³-hybridized carbons (Fsp3) is 0.286. The summed E-state index contributed by atoms with van der Waals surface area (Å²) < 4.78 is 15.5. The van der Waals surface area contributed by atoms with Gasteiger partial charge in [0.1, 0.15) is 24.1 Å². The molecule has 2 amide bonds. The van der Waals surface area contributed by atoms with E-state index in [4.69, 9.17) is 19.3 Å². The monoisotopic (exact) mass is 414 g/mol. The first-order valence-electron chi connectivity index (χ1n) is 9.16. The minimum Gasteiger partial charge on any atom is -0.497 e. The topological polar surface area (TPSA) is 114 Å². The number of aromatic carboxylic acids is 1. The Hall–Kier alpha value is -3.75. The van der Waals surface area contributed by atoms with E-state index in [2.05, 4.69) is 5.32 Å². The van der Waals surface area contributed by atoms with Gasteiger partial charge in [-0.15, -0.1) is 0 Å². The molecule has 0 spiro atoms. The number of benzene rings is 2. The van der Waals surface area contributed by atoms with Gasteiger partial charge >= 0.3 is 12.1 Å². The van der Waals surface area contributed by atoms with Crippen LogP contribution in [0.4, 0.5) is 4.79 Å². The summed E-state index contributed by atoms with van der Waals surface area (Å²) >= 11 is 0. The number of nitrogens with zero attached hydrogens (tertiary/aromatic N) is 1. The molecule has 3 rings (SSSR count). The summed E-state index contributed by atoms with van der Waals surface area (Å²) in [6, 6.07) is 10.6. The molecular weight excluding hydrogens is 392 g/mol. The Labute approximate surface area is 173 Å². The molecule has 1 fully saturated rings. The number of hydrogen-bond acceptors (Lipinski definition) is 6. The van der Waals surface area contributed by atoms with Crippen molar-refractivity contribution in [2.24, 2.45) is 0 Å². The lowest BCUT2D eigenvalue weighted by atomic mass is 10.1. The van der Waals surface area contributed by atoms with Gasteiger partial charge in [0.2, 0.25) is 5.91 Å². The van der Waals surface area contributed by atoms with Crippen LogP contribution in [0, 0.1) is 0 Å². The highest BCUT2D eigenvalue weighted by Gasteiger charge is 2.37. The van der Waals surface area contributed by atoms with E-state index in [1.54, 1.807) is 44.6 Å². The predicted molar refractivity (Wildman–Crippen MR) is 105 cm³/mol. The van der Waals surface area contributed by atoms with Crippen LogP contribution >= 0.6 is 0 Å². The summed E-state index contributed by atoms with van der Waals surface area (Å²) in [6.07, 6.45) is -0.597. The molecule has 0 bridgehead atoms. The van der Waals surface area contributed by atoms with Crippen LogP contribution in [-0.4, -0.2) is 54.8 Å². The van der Waals surface area contributed by atoms with Gasteiger partial charge in [-0.3, -0.25) is 9.69 Å². The van der Waals surface area contributed by atoms with E-state index in [0.29, 0.717) is 17.1 Å². The molecule has 0 unspecified atom stereocenters.